The summed E-state index contributed by atoms with van der Waals surface area (Å²) in [4.78, 5) is 0. The maximum Gasteiger partial charge on any atom is 0.0911 e. The quantitative estimate of drug-likeness (QED) is 0.475. The lowest BCUT2D eigenvalue weighted by atomic mass is 10.0. The SMILES string of the molecule is CCOCC(C)OCC1(CC(=N)N)CC1. The van der Waals surface area contributed by atoms with Crippen LogP contribution in [0.15, 0.2) is 0 Å². The maximum atomic E-state index is 7.28. The first-order valence-corrected chi connectivity index (χ1v) is 5.60. The van der Waals surface area contributed by atoms with Crippen molar-refractivity contribution >= 4 is 5.84 Å². The van der Waals surface area contributed by atoms with Crippen molar-refractivity contribution in [2.45, 2.75) is 39.2 Å². The molecule has 0 spiro atoms. The van der Waals surface area contributed by atoms with Gasteiger partial charge in [-0.1, -0.05) is 0 Å². The highest BCUT2D eigenvalue weighted by Gasteiger charge is 2.43. The molecule has 1 unspecified atom stereocenters. The lowest BCUT2D eigenvalue weighted by Gasteiger charge is -2.18. The highest BCUT2D eigenvalue weighted by Crippen LogP contribution is 2.48. The van der Waals surface area contributed by atoms with Crippen LogP contribution in [0, 0.1) is 10.8 Å². The molecule has 4 heteroatoms. The third-order valence-corrected chi connectivity index (χ3v) is 2.75. The Morgan fingerprint density at radius 1 is 1.53 bits per heavy atom. The summed E-state index contributed by atoms with van der Waals surface area (Å²) >= 11 is 0. The molecule has 0 saturated heterocycles. The molecule has 3 N–H and O–H groups in total. The van der Waals surface area contributed by atoms with E-state index in [0.717, 1.165) is 19.4 Å². The van der Waals surface area contributed by atoms with Crippen molar-refractivity contribution in [2.24, 2.45) is 11.1 Å². The zero-order valence-corrected chi connectivity index (χ0v) is 9.71. The van der Waals surface area contributed by atoms with Crippen LogP contribution in [0.3, 0.4) is 0 Å². The summed E-state index contributed by atoms with van der Waals surface area (Å²) in [5.41, 5.74) is 5.58. The lowest BCUT2D eigenvalue weighted by molar-refractivity contribution is -0.0204. The van der Waals surface area contributed by atoms with Crippen LogP contribution in [0.25, 0.3) is 0 Å². The van der Waals surface area contributed by atoms with Crippen molar-refractivity contribution in [3.05, 3.63) is 0 Å². The number of nitrogens with one attached hydrogen (secondary N) is 1. The van der Waals surface area contributed by atoms with Gasteiger partial charge in [-0.15, -0.1) is 0 Å². The van der Waals surface area contributed by atoms with Gasteiger partial charge in [-0.2, -0.15) is 0 Å². The van der Waals surface area contributed by atoms with Gasteiger partial charge in [0.05, 0.1) is 25.2 Å². The third kappa shape index (κ3) is 4.62. The molecular weight excluding hydrogens is 192 g/mol. The van der Waals surface area contributed by atoms with E-state index in [4.69, 9.17) is 20.6 Å². The Balaban J connectivity index is 2.16. The lowest BCUT2D eigenvalue weighted by Crippen LogP contribution is -2.24. The van der Waals surface area contributed by atoms with Crippen molar-refractivity contribution in [3.8, 4) is 0 Å². The molecule has 4 nitrogen and oxygen atoms in total. The second-order valence-corrected chi connectivity index (χ2v) is 4.48. The van der Waals surface area contributed by atoms with Gasteiger partial charge < -0.3 is 15.2 Å². The standard InChI is InChI=1S/C11H22N2O2/c1-3-14-7-9(2)15-8-11(4-5-11)6-10(12)13/h9H,3-8H2,1-2H3,(H3,12,13). The highest BCUT2D eigenvalue weighted by molar-refractivity contribution is 5.78. The van der Waals surface area contributed by atoms with Crippen LogP contribution in [-0.4, -0.2) is 31.8 Å². The zero-order valence-electron chi connectivity index (χ0n) is 9.71. The average Bonchev–Trinajstić information content (AvgIpc) is 2.91. The second-order valence-electron chi connectivity index (χ2n) is 4.48. The van der Waals surface area contributed by atoms with Crippen LogP contribution in [0.2, 0.25) is 0 Å². The van der Waals surface area contributed by atoms with Gasteiger partial charge in [0, 0.05) is 18.4 Å². The van der Waals surface area contributed by atoms with E-state index in [1.54, 1.807) is 0 Å². The Labute approximate surface area is 91.6 Å². The Hall–Kier alpha value is -0.610. The van der Waals surface area contributed by atoms with Gasteiger partial charge in [0.25, 0.3) is 0 Å². The minimum absolute atomic E-state index is 0.134. The molecule has 1 saturated carbocycles. The number of ether oxygens (including phenoxy) is 2. The van der Waals surface area contributed by atoms with Gasteiger partial charge in [0.15, 0.2) is 0 Å². The van der Waals surface area contributed by atoms with Gasteiger partial charge in [0.1, 0.15) is 0 Å². The fourth-order valence-electron chi connectivity index (χ4n) is 1.60. The summed E-state index contributed by atoms with van der Waals surface area (Å²) in [5, 5.41) is 7.28. The molecule has 1 fully saturated rings. The Kier molecular flexibility index (Phi) is 4.54. The van der Waals surface area contributed by atoms with Crippen LogP contribution in [0.1, 0.15) is 33.1 Å². The van der Waals surface area contributed by atoms with Crippen LogP contribution in [-0.2, 0) is 9.47 Å². The topological polar surface area (TPSA) is 68.3 Å². The van der Waals surface area contributed by atoms with Gasteiger partial charge in [0.2, 0.25) is 0 Å². The highest BCUT2D eigenvalue weighted by atomic mass is 16.5. The summed E-state index contributed by atoms with van der Waals surface area (Å²) in [6.45, 7) is 6.07. The molecular formula is C11H22N2O2. The Morgan fingerprint density at radius 3 is 2.67 bits per heavy atom. The minimum Gasteiger partial charge on any atom is -0.388 e. The predicted molar refractivity (Wildman–Crippen MR) is 60.1 cm³/mol. The maximum absolute atomic E-state index is 7.28. The molecule has 0 aromatic heterocycles. The number of nitrogens with two attached hydrogens (primary N) is 1. The summed E-state index contributed by atoms with van der Waals surface area (Å²) in [6.07, 6.45) is 3.07. The Morgan fingerprint density at radius 2 is 2.20 bits per heavy atom. The number of amidine groups is 1. The zero-order chi connectivity index (χ0) is 11.3. The van der Waals surface area contributed by atoms with E-state index in [-0.39, 0.29) is 17.4 Å². The predicted octanol–water partition coefficient (Wildman–Crippen LogP) is 1.53. The number of hydrogen-bond acceptors (Lipinski definition) is 3. The average molecular weight is 214 g/mol. The van der Waals surface area contributed by atoms with Gasteiger partial charge in [-0.05, 0) is 26.7 Å². The fourth-order valence-corrected chi connectivity index (χ4v) is 1.60. The van der Waals surface area contributed by atoms with Crippen molar-refractivity contribution in [1.82, 2.24) is 0 Å². The molecule has 0 amide bonds. The van der Waals surface area contributed by atoms with Crippen LogP contribution < -0.4 is 5.73 Å². The summed E-state index contributed by atoms with van der Waals surface area (Å²) in [6, 6.07) is 0. The largest absolute Gasteiger partial charge is 0.388 e. The normalized spacial score (nSPS) is 19.9. The molecule has 15 heavy (non-hydrogen) atoms. The minimum atomic E-state index is 0.134. The van der Waals surface area contributed by atoms with Crippen LogP contribution in [0.5, 0.6) is 0 Å². The molecule has 0 radical (unpaired) electrons. The summed E-state index contributed by atoms with van der Waals surface area (Å²) in [5.74, 6) is 0.272. The summed E-state index contributed by atoms with van der Waals surface area (Å²) < 4.78 is 11.0. The molecule has 1 atom stereocenters. The van der Waals surface area contributed by atoms with Gasteiger partial charge in [-0.25, -0.2) is 0 Å². The first-order valence-electron chi connectivity index (χ1n) is 5.60. The second kappa shape index (κ2) is 5.47. The van der Waals surface area contributed by atoms with Crippen molar-refractivity contribution in [2.75, 3.05) is 19.8 Å². The smallest absolute Gasteiger partial charge is 0.0911 e. The van der Waals surface area contributed by atoms with E-state index in [2.05, 4.69) is 0 Å². The molecule has 0 bridgehead atoms. The molecule has 88 valence electrons. The molecule has 0 heterocycles. The van der Waals surface area contributed by atoms with E-state index in [1.165, 1.54) is 0 Å². The van der Waals surface area contributed by atoms with E-state index < -0.39 is 0 Å². The molecule has 1 aliphatic carbocycles. The molecule has 1 rings (SSSR count). The third-order valence-electron chi connectivity index (χ3n) is 2.75. The van der Waals surface area contributed by atoms with Crippen molar-refractivity contribution in [1.29, 1.82) is 5.41 Å². The van der Waals surface area contributed by atoms with Gasteiger partial charge >= 0.3 is 0 Å². The monoisotopic (exact) mass is 214 g/mol. The van der Waals surface area contributed by atoms with Crippen molar-refractivity contribution < 1.29 is 9.47 Å². The molecule has 0 aliphatic heterocycles. The molecule has 0 aromatic carbocycles. The van der Waals surface area contributed by atoms with E-state index in [9.17, 15) is 0 Å². The van der Waals surface area contributed by atoms with Crippen LogP contribution in [0.4, 0.5) is 0 Å². The van der Waals surface area contributed by atoms with Gasteiger partial charge in [-0.3, -0.25) is 5.41 Å². The van der Waals surface area contributed by atoms with Crippen molar-refractivity contribution in [3.63, 3.8) is 0 Å². The first kappa shape index (κ1) is 12.5. The Bertz CT molecular complexity index is 215. The molecule has 0 aromatic rings. The van der Waals surface area contributed by atoms with E-state index >= 15 is 0 Å². The number of hydrogen-bond donors (Lipinski definition) is 2. The fraction of sp³-hybridized carbons (Fsp3) is 0.909. The first-order chi connectivity index (χ1) is 7.08. The number of rotatable bonds is 8. The van der Waals surface area contributed by atoms with E-state index in [0.29, 0.717) is 19.6 Å². The van der Waals surface area contributed by atoms with Crippen LogP contribution >= 0.6 is 0 Å². The summed E-state index contributed by atoms with van der Waals surface area (Å²) in [7, 11) is 0. The molecule has 1 aliphatic rings. The van der Waals surface area contributed by atoms with E-state index in [1.807, 2.05) is 13.8 Å².